The number of nitrogens with zero attached hydrogens (tertiary/aromatic N) is 5. The zero-order valence-corrected chi connectivity index (χ0v) is 16.2. The van der Waals surface area contributed by atoms with E-state index in [1.807, 2.05) is 12.4 Å². The van der Waals surface area contributed by atoms with Gasteiger partial charge in [-0.05, 0) is 72.6 Å². The van der Waals surface area contributed by atoms with Crippen LogP contribution in [-0.4, -0.2) is 30.6 Å². The Morgan fingerprint density at radius 3 is 2.46 bits per heavy atom. The first kappa shape index (κ1) is 17.5. The number of nitrogens with one attached hydrogen (secondary N) is 1. The molecule has 1 saturated carbocycles. The Labute approximate surface area is 166 Å². The van der Waals surface area contributed by atoms with Crippen LogP contribution in [0.15, 0.2) is 24.5 Å². The van der Waals surface area contributed by atoms with E-state index >= 15 is 0 Å². The van der Waals surface area contributed by atoms with Gasteiger partial charge in [0.1, 0.15) is 0 Å². The fraction of sp³-hybridized carbons (Fsp3) is 0.500. The number of hydrogen-bond acceptors (Lipinski definition) is 5. The maximum Gasteiger partial charge on any atom is 0.207 e. The second kappa shape index (κ2) is 7.78. The summed E-state index contributed by atoms with van der Waals surface area (Å²) in [4.78, 5) is 9.54. The highest BCUT2D eigenvalue weighted by Gasteiger charge is 2.29. The summed E-state index contributed by atoms with van der Waals surface area (Å²) in [6.07, 6.45) is 15.9. The first-order valence-corrected chi connectivity index (χ1v) is 10.6. The molecule has 3 aromatic heterocycles. The number of fused-ring (bicyclic) bond motifs is 1. The topological polar surface area (TPSA) is 80.2 Å². The molecule has 0 saturated heterocycles. The second-order valence-electron chi connectivity index (χ2n) is 8.04. The minimum Gasteiger partial charge on any atom is -0.265 e. The van der Waals surface area contributed by atoms with Crippen molar-refractivity contribution in [2.75, 3.05) is 0 Å². The van der Waals surface area contributed by atoms with Crippen LogP contribution in [0.5, 0.6) is 0 Å². The van der Waals surface area contributed by atoms with Crippen molar-refractivity contribution in [2.24, 2.45) is 0 Å². The molecule has 0 amide bonds. The summed E-state index contributed by atoms with van der Waals surface area (Å²) in [6, 6.07) is 4.21. The molecule has 1 fully saturated rings. The average Bonchev–Trinajstić information content (AvgIpc) is 3.19. The number of aromatic nitrogens is 6. The molecule has 6 heteroatoms. The molecule has 0 spiro atoms. The molecule has 2 aliphatic rings. The quantitative estimate of drug-likeness (QED) is 0.659. The monoisotopic (exact) mass is 376 g/mol. The fourth-order valence-corrected chi connectivity index (χ4v) is 4.94. The van der Waals surface area contributed by atoms with E-state index in [0.717, 1.165) is 18.4 Å². The minimum atomic E-state index is 0. The minimum absolute atomic E-state index is 0. The lowest BCUT2D eigenvalue weighted by atomic mass is 9.81. The highest BCUT2D eigenvalue weighted by Crippen LogP contribution is 2.44. The normalized spacial score (nSPS) is 17.9. The van der Waals surface area contributed by atoms with Gasteiger partial charge < -0.3 is 0 Å². The number of H-pyrrole nitrogens is 1. The van der Waals surface area contributed by atoms with Gasteiger partial charge >= 0.3 is 0 Å². The lowest BCUT2D eigenvalue weighted by molar-refractivity contribution is 0.436. The van der Waals surface area contributed by atoms with Crippen molar-refractivity contribution in [3.63, 3.8) is 0 Å². The molecule has 6 nitrogen and oxygen atoms in total. The summed E-state index contributed by atoms with van der Waals surface area (Å²) in [5.74, 6) is 1.16. The Morgan fingerprint density at radius 1 is 0.893 bits per heavy atom. The lowest BCUT2D eigenvalue weighted by Crippen LogP contribution is -2.13. The van der Waals surface area contributed by atoms with Crippen LogP contribution < -0.4 is 0 Å². The van der Waals surface area contributed by atoms with Crippen LogP contribution in [0.3, 0.4) is 0 Å². The van der Waals surface area contributed by atoms with E-state index in [1.54, 1.807) is 0 Å². The van der Waals surface area contributed by atoms with E-state index in [9.17, 15) is 0 Å². The van der Waals surface area contributed by atoms with Gasteiger partial charge in [0.25, 0.3) is 0 Å². The summed E-state index contributed by atoms with van der Waals surface area (Å²) in [5, 5.41) is 15.3. The van der Waals surface area contributed by atoms with Gasteiger partial charge in [0, 0.05) is 25.4 Å². The van der Waals surface area contributed by atoms with Gasteiger partial charge in [-0.1, -0.05) is 25.7 Å². The van der Waals surface area contributed by atoms with Crippen molar-refractivity contribution in [1.29, 1.82) is 0 Å². The molecular weight excluding hydrogens is 348 g/mol. The van der Waals surface area contributed by atoms with Crippen LogP contribution in [0.4, 0.5) is 0 Å². The van der Waals surface area contributed by atoms with Crippen LogP contribution >= 0.6 is 0 Å². The first-order valence-electron chi connectivity index (χ1n) is 10.6. The highest BCUT2D eigenvalue weighted by molar-refractivity contribution is 5.85. The van der Waals surface area contributed by atoms with Gasteiger partial charge in [0.05, 0.1) is 11.3 Å². The highest BCUT2D eigenvalue weighted by atomic mass is 15.5. The van der Waals surface area contributed by atoms with Gasteiger partial charge in [-0.2, -0.15) is 5.21 Å². The Morgan fingerprint density at radius 2 is 1.68 bits per heavy atom. The van der Waals surface area contributed by atoms with Gasteiger partial charge in [-0.3, -0.25) is 9.97 Å². The fourth-order valence-electron chi connectivity index (χ4n) is 4.94. The predicted molar refractivity (Wildman–Crippen MR) is 110 cm³/mol. The lowest BCUT2D eigenvalue weighted by Gasteiger charge is -2.26. The van der Waals surface area contributed by atoms with Gasteiger partial charge in [-0.15, -0.1) is 10.2 Å². The number of pyridine rings is 2. The molecule has 0 atom stereocenters. The maximum atomic E-state index is 5.30. The first-order chi connectivity index (χ1) is 13.9. The molecule has 28 heavy (non-hydrogen) atoms. The Bertz CT molecular complexity index is 936. The SMILES string of the molecule is [HH].c1cc(-c2c3c(nc(C4CCCCC4)c2-c2nn[nH]n2)CCCCC3)ccn1. The van der Waals surface area contributed by atoms with E-state index in [2.05, 4.69) is 37.7 Å². The molecule has 146 valence electrons. The number of tetrazole rings is 1. The number of rotatable bonds is 3. The standard InChI is InChI=1S/C22H26N6.H2/c1-3-7-16(8-4-1)21-20(22-25-27-28-26-22)19(15-11-13-23-14-12-15)17-9-5-2-6-10-18(17)24-21;/h11-14,16H,1-10H2,(H,25,26,27,28);1H. The molecule has 2 aliphatic carbocycles. The molecule has 0 radical (unpaired) electrons. The predicted octanol–water partition coefficient (Wildman–Crippen LogP) is 4.89. The van der Waals surface area contributed by atoms with E-state index < -0.39 is 0 Å². The average molecular weight is 377 g/mol. The summed E-state index contributed by atoms with van der Waals surface area (Å²) in [7, 11) is 0. The molecular formula is C22H28N6. The van der Waals surface area contributed by atoms with Crippen LogP contribution in [-0.2, 0) is 12.8 Å². The third-order valence-corrected chi connectivity index (χ3v) is 6.28. The van der Waals surface area contributed by atoms with Crippen molar-refractivity contribution < 1.29 is 1.43 Å². The largest absolute Gasteiger partial charge is 0.265 e. The summed E-state index contributed by atoms with van der Waals surface area (Å²) >= 11 is 0. The van der Waals surface area contributed by atoms with Crippen molar-refractivity contribution in [2.45, 2.75) is 70.1 Å². The third-order valence-electron chi connectivity index (χ3n) is 6.28. The summed E-state index contributed by atoms with van der Waals surface area (Å²) in [6.45, 7) is 0. The zero-order chi connectivity index (χ0) is 18.8. The number of aromatic amines is 1. The molecule has 0 unspecified atom stereocenters. The summed E-state index contributed by atoms with van der Waals surface area (Å²) < 4.78 is 0. The van der Waals surface area contributed by atoms with Crippen molar-refractivity contribution in [3.8, 4) is 22.5 Å². The zero-order valence-electron chi connectivity index (χ0n) is 16.2. The van der Waals surface area contributed by atoms with E-state index in [0.29, 0.717) is 11.7 Å². The van der Waals surface area contributed by atoms with Crippen LogP contribution in [0.1, 0.15) is 75.7 Å². The van der Waals surface area contributed by atoms with Gasteiger partial charge in [0.15, 0.2) is 0 Å². The molecule has 0 aromatic carbocycles. The molecule has 3 aromatic rings. The van der Waals surface area contributed by atoms with Crippen molar-refractivity contribution in [3.05, 3.63) is 41.5 Å². The van der Waals surface area contributed by atoms with E-state index in [1.165, 1.54) is 79.4 Å². The molecule has 0 bridgehead atoms. The maximum absolute atomic E-state index is 5.30. The number of aryl methyl sites for hydroxylation is 1. The van der Waals surface area contributed by atoms with Crippen molar-refractivity contribution >= 4 is 0 Å². The van der Waals surface area contributed by atoms with Crippen LogP contribution in [0.25, 0.3) is 22.5 Å². The van der Waals surface area contributed by atoms with Crippen molar-refractivity contribution in [1.82, 2.24) is 30.6 Å². The summed E-state index contributed by atoms with van der Waals surface area (Å²) in [5.41, 5.74) is 7.39. The molecule has 5 rings (SSSR count). The Hall–Kier alpha value is -2.63. The van der Waals surface area contributed by atoms with Crippen LogP contribution in [0, 0.1) is 0 Å². The number of hydrogen-bond donors (Lipinski definition) is 1. The molecule has 1 N–H and O–H groups in total. The molecule has 3 heterocycles. The van der Waals surface area contributed by atoms with E-state index in [-0.39, 0.29) is 1.43 Å². The van der Waals surface area contributed by atoms with E-state index in [4.69, 9.17) is 4.98 Å². The third kappa shape index (κ3) is 3.21. The second-order valence-corrected chi connectivity index (χ2v) is 8.04. The van der Waals surface area contributed by atoms with Gasteiger partial charge in [0.2, 0.25) is 5.82 Å². The van der Waals surface area contributed by atoms with Crippen LogP contribution in [0.2, 0.25) is 0 Å². The molecule has 0 aliphatic heterocycles. The Balaban J connectivity index is 0.00000205. The van der Waals surface area contributed by atoms with Gasteiger partial charge in [-0.25, -0.2) is 0 Å². The smallest absolute Gasteiger partial charge is 0.207 e. The Kier molecular flexibility index (Phi) is 4.85.